The number of nitrogens with zero attached hydrogens (tertiary/aromatic N) is 3. The first-order chi connectivity index (χ1) is 16.6. The second kappa shape index (κ2) is 8.54. The van der Waals surface area contributed by atoms with Gasteiger partial charge < -0.3 is 20.1 Å². The third-order valence-corrected chi connectivity index (χ3v) is 7.49. The Morgan fingerprint density at radius 1 is 1.17 bits per heavy atom. The molecule has 0 bridgehead atoms. The number of rotatable bonds is 4. The highest BCUT2D eigenvalue weighted by atomic mass is 35.5. The first-order valence-electron chi connectivity index (χ1n) is 11.4. The van der Waals surface area contributed by atoms with E-state index in [1.807, 2.05) is 0 Å². The van der Waals surface area contributed by atoms with Crippen LogP contribution in [0.2, 0.25) is 5.02 Å². The van der Waals surface area contributed by atoms with Gasteiger partial charge >= 0.3 is 0 Å². The van der Waals surface area contributed by atoms with E-state index in [0.29, 0.717) is 44.3 Å². The van der Waals surface area contributed by atoms with Crippen molar-refractivity contribution in [3.8, 4) is 0 Å². The van der Waals surface area contributed by atoms with Crippen LogP contribution >= 0.6 is 11.6 Å². The molecule has 2 aliphatic heterocycles. The van der Waals surface area contributed by atoms with E-state index in [2.05, 4.69) is 15.3 Å². The first-order valence-corrected chi connectivity index (χ1v) is 11.7. The number of aromatic amines is 1. The van der Waals surface area contributed by atoms with E-state index in [4.69, 9.17) is 11.6 Å². The number of carbonyl (C=O) groups is 3. The number of imidazole rings is 1. The van der Waals surface area contributed by atoms with Gasteiger partial charge in [0.15, 0.2) is 5.69 Å². The van der Waals surface area contributed by atoms with Crippen LogP contribution in [0.3, 0.4) is 0 Å². The SMILES string of the molecule is O=C(NC1CCC2(CC1)CCN(c1ccc(F)cc1Cl)C2=O)c1nc[nH]c1C(=O)N1CC(F)(F)C1. The Bertz CT molecular complexity index is 1190. The van der Waals surface area contributed by atoms with Crippen molar-refractivity contribution in [2.45, 2.75) is 44.1 Å². The number of amides is 3. The summed E-state index contributed by atoms with van der Waals surface area (Å²) in [5, 5.41) is 3.04. The Labute approximate surface area is 203 Å². The quantitative estimate of drug-likeness (QED) is 0.660. The molecule has 0 atom stereocenters. The molecule has 5 rings (SSSR count). The number of likely N-dealkylation sites (tertiary alicyclic amines) is 1. The van der Waals surface area contributed by atoms with Crippen molar-refractivity contribution < 1.29 is 27.6 Å². The minimum Gasteiger partial charge on any atom is -0.348 e. The van der Waals surface area contributed by atoms with Crippen LogP contribution in [0.15, 0.2) is 24.5 Å². The zero-order valence-corrected chi connectivity index (χ0v) is 19.4. The molecule has 1 spiro atoms. The lowest BCUT2D eigenvalue weighted by Crippen LogP contribution is -2.58. The van der Waals surface area contributed by atoms with Gasteiger partial charge in [-0.05, 0) is 50.3 Å². The lowest BCUT2D eigenvalue weighted by molar-refractivity contribution is -0.127. The fourth-order valence-electron chi connectivity index (χ4n) is 5.23. The van der Waals surface area contributed by atoms with E-state index in [1.54, 1.807) is 4.90 Å². The molecule has 186 valence electrons. The van der Waals surface area contributed by atoms with Gasteiger partial charge in [-0.2, -0.15) is 0 Å². The molecule has 0 radical (unpaired) electrons. The van der Waals surface area contributed by atoms with Crippen LogP contribution in [0.5, 0.6) is 0 Å². The summed E-state index contributed by atoms with van der Waals surface area (Å²) in [4.78, 5) is 47.6. The summed E-state index contributed by atoms with van der Waals surface area (Å²) in [6.45, 7) is -0.898. The lowest BCUT2D eigenvalue weighted by atomic mass is 9.71. The highest BCUT2D eigenvalue weighted by Gasteiger charge is 2.50. The number of anilines is 1. The van der Waals surface area contributed by atoms with E-state index in [-0.39, 0.29) is 28.4 Å². The summed E-state index contributed by atoms with van der Waals surface area (Å²) in [6, 6.07) is 3.73. The molecule has 3 aliphatic rings. The Balaban J connectivity index is 1.20. The van der Waals surface area contributed by atoms with Gasteiger partial charge in [-0.1, -0.05) is 11.6 Å². The van der Waals surface area contributed by atoms with Crippen LogP contribution in [0.1, 0.15) is 53.1 Å². The molecule has 2 aromatic rings. The standard InChI is InChI=1S/C23H23ClF3N5O3/c24-15-9-13(25)1-2-16(15)32-8-7-22(21(32)35)5-3-14(4-6-22)30-19(33)17-18(29-12-28-17)20(34)31-10-23(26,27)11-31/h1-2,9,12,14H,3-8,10-11H2,(H,28,29)(H,30,33). The Morgan fingerprint density at radius 3 is 2.54 bits per heavy atom. The maximum Gasteiger partial charge on any atom is 0.282 e. The Kier molecular flexibility index (Phi) is 5.77. The molecule has 12 heteroatoms. The van der Waals surface area contributed by atoms with Crippen molar-refractivity contribution in [1.29, 1.82) is 0 Å². The number of benzene rings is 1. The predicted octanol–water partition coefficient (Wildman–Crippen LogP) is 3.39. The number of hydrogen-bond donors (Lipinski definition) is 2. The average Bonchev–Trinajstić information content (AvgIpc) is 3.40. The molecule has 1 aliphatic carbocycles. The van der Waals surface area contributed by atoms with Gasteiger partial charge in [-0.25, -0.2) is 18.2 Å². The van der Waals surface area contributed by atoms with Crippen molar-refractivity contribution in [3.63, 3.8) is 0 Å². The van der Waals surface area contributed by atoms with Crippen molar-refractivity contribution in [1.82, 2.24) is 20.2 Å². The summed E-state index contributed by atoms with van der Waals surface area (Å²) in [7, 11) is 0. The summed E-state index contributed by atoms with van der Waals surface area (Å²) in [5.41, 5.74) is -0.335. The average molecular weight is 510 g/mol. The molecule has 1 saturated carbocycles. The van der Waals surface area contributed by atoms with Gasteiger partial charge in [0, 0.05) is 12.6 Å². The van der Waals surface area contributed by atoms with Crippen molar-refractivity contribution >= 4 is 35.0 Å². The molecule has 3 heterocycles. The maximum atomic E-state index is 13.4. The van der Waals surface area contributed by atoms with Crippen LogP contribution in [-0.4, -0.2) is 64.2 Å². The molecule has 8 nitrogen and oxygen atoms in total. The highest BCUT2D eigenvalue weighted by molar-refractivity contribution is 6.34. The second-order valence-electron chi connectivity index (χ2n) is 9.47. The fourth-order valence-corrected chi connectivity index (χ4v) is 5.50. The van der Waals surface area contributed by atoms with Gasteiger partial charge in [0.1, 0.15) is 11.5 Å². The van der Waals surface area contributed by atoms with E-state index in [9.17, 15) is 27.6 Å². The Morgan fingerprint density at radius 2 is 1.89 bits per heavy atom. The van der Waals surface area contributed by atoms with E-state index in [1.165, 1.54) is 24.5 Å². The predicted molar refractivity (Wildman–Crippen MR) is 120 cm³/mol. The van der Waals surface area contributed by atoms with Crippen LogP contribution in [0.25, 0.3) is 0 Å². The molecule has 3 fully saturated rings. The number of H-pyrrole nitrogens is 1. The second-order valence-corrected chi connectivity index (χ2v) is 9.88. The first kappa shape index (κ1) is 23.7. The lowest BCUT2D eigenvalue weighted by Gasteiger charge is -2.38. The molecule has 2 saturated heterocycles. The smallest absolute Gasteiger partial charge is 0.282 e. The maximum absolute atomic E-state index is 13.4. The van der Waals surface area contributed by atoms with Gasteiger partial charge in [0.2, 0.25) is 5.91 Å². The van der Waals surface area contributed by atoms with Crippen molar-refractivity contribution in [2.24, 2.45) is 5.41 Å². The number of alkyl halides is 2. The highest BCUT2D eigenvalue weighted by Crippen LogP contribution is 2.47. The fraction of sp³-hybridized carbons (Fsp3) is 0.478. The van der Waals surface area contributed by atoms with Crippen LogP contribution in [-0.2, 0) is 4.79 Å². The van der Waals surface area contributed by atoms with Gasteiger partial charge in [-0.15, -0.1) is 0 Å². The number of aromatic nitrogens is 2. The van der Waals surface area contributed by atoms with Crippen LogP contribution in [0.4, 0.5) is 18.9 Å². The van der Waals surface area contributed by atoms with Crippen molar-refractivity contribution in [3.05, 3.63) is 46.8 Å². The Hall–Kier alpha value is -3.08. The number of carbonyl (C=O) groups excluding carboxylic acids is 3. The summed E-state index contributed by atoms with van der Waals surface area (Å²) >= 11 is 6.16. The summed E-state index contributed by atoms with van der Waals surface area (Å²) < 4.78 is 39.7. The van der Waals surface area contributed by atoms with Crippen LogP contribution < -0.4 is 10.2 Å². The molecular formula is C23H23ClF3N5O3. The minimum atomic E-state index is -2.91. The zero-order valence-electron chi connectivity index (χ0n) is 18.6. The molecule has 3 amide bonds. The molecular weight excluding hydrogens is 487 g/mol. The molecule has 0 unspecified atom stereocenters. The summed E-state index contributed by atoms with van der Waals surface area (Å²) in [5.74, 6) is -4.70. The summed E-state index contributed by atoms with van der Waals surface area (Å²) in [6.07, 6.45) is 4.03. The molecule has 1 aromatic heterocycles. The third-order valence-electron chi connectivity index (χ3n) is 7.19. The molecule has 35 heavy (non-hydrogen) atoms. The topological polar surface area (TPSA) is 98.4 Å². The van der Waals surface area contributed by atoms with Gasteiger partial charge in [0.05, 0.1) is 35.5 Å². The van der Waals surface area contributed by atoms with E-state index < -0.39 is 42.1 Å². The minimum absolute atomic E-state index is 0.0534. The van der Waals surface area contributed by atoms with E-state index >= 15 is 0 Å². The van der Waals surface area contributed by atoms with E-state index in [0.717, 1.165) is 4.90 Å². The number of nitrogens with one attached hydrogen (secondary N) is 2. The van der Waals surface area contributed by atoms with Crippen LogP contribution in [0, 0.1) is 11.2 Å². The largest absolute Gasteiger partial charge is 0.348 e. The molecule has 1 aromatic carbocycles. The number of halogens is 4. The normalized spacial score (nSPS) is 25.6. The van der Waals surface area contributed by atoms with Gasteiger partial charge in [-0.3, -0.25) is 14.4 Å². The van der Waals surface area contributed by atoms with Crippen molar-refractivity contribution in [2.75, 3.05) is 24.5 Å². The molecule has 2 N–H and O–H groups in total. The zero-order chi connectivity index (χ0) is 25.0. The van der Waals surface area contributed by atoms with Gasteiger partial charge in [0.25, 0.3) is 17.7 Å². The number of hydrogen-bond acceptors (Lipinski definition) is 4. The monoisotopic (exact) mass is 509 g/mol. The third kappa shape index (κ3) is 4.26.